The van der Waals surface area contributed by atoms with Gasteiger partial charge < -0.3 is 19.5 Å². The molecule has 0 aromatic carbocycles. The van der Waals surface area contributed by atoms with E-state index in [-0.39, 0.29) is 16.9 Å². The zero-order valence-electron chi connectivity index (χ0n) is 10.3. The van der Waals surface area contributed by atoms with Gasteiger partial charge in [0.15, 0.2) is 0 Å². The number of aromatic nitrogens is 3. The Bertz CT molecular complexity index is 412. The van der Waals surface area contributed by atoms with Crippen LogP contribution in [-0.4, -0.2) is 54.5 Å². The molecule has 1 N–H and O–H groups in total. The largest absolute Gasteiger partial charge is 0.467 e. The third-order valence-corrected chi connectivity index (χ3v) is 3.01. The summed E-state index contributed by atoms with van der Waals surface area (Å²) in [5.41, 5.74) is -0.341. The maximum absolute atomic E-state index is 5.75. The molecule has 100 valence electrons. The molecule has 1 aliphatic rings. The van der Waals surface area contributed by atoms with Gasteiger partial charge in [-0.25, -0.2) is 0 Å². The monoisotopic (exact) mass is 274 g/mol. The van der Waals surface area contributed by atoms with Gasteiger partial charge in [0.25, 0.3) is 0 Å². The first-order chi connectivity index (χ1) is 8.67. The summed E-state index contributed by atoms with van der Waals surface area (Å²) in [7, 11) is 3.13. The molecule has 0 bridgehead atoms. The number of ether oxygens (including phenoxy) is 3. The van der Waals surface area contributed by atoms with Crippen molar-refractivity contribution in [2.75, 3.05) is 39.3 Å². The van der Waals surface area contributed by atoms with Crippen LogP contribution in [0.3, 0.4) is 0 Å². The number of hydrogen-bond donors (Lipinski definition) is 1. The van der Waals surface area contributed by atoms with Crippen LogP contribution in [-0.2, 0) is 9.47 Å². The molecule has 0 aliphatic carbocycles. The van der Waals surface area contributed by atoms with E-state index in [1.54, 1.807) is 7.11 Å². The van der Waals surface area contributed by atoms with E-state index in [0.29, 0.717) is 25.7 Å². The zero-order valence-corrected chi connectivity index (χ0v) is 11.0. The van der Waals surface area contributed by atoms with E-state index in [0.717, 1.165) is 6.42 Å². The quantitative estimate of drug-likeness (QED) is 0.849. The molecule has 0 saturated carbocycles. The molecule has 0 radical (unpaired) electrons. The topological polar surface area (TPSA) is 78.4 Å². The van der Waals surface area contributed by atoms with Gasteiger partial charge in [-0.05, 0) is 11.6 Å². The summed E-state index contributed by atoms with van der Waals surface area (Å²) in [6.45, 7) is 1.77. The van der Waals surface area contributed by atoms with Crippen LogP contribution in [0, 0.1) is 0 Å². The number of anilines is 1. The van der Waals surface area contributed by atoms with Crippen LogP contribution in [0.1, 0.15) is 6.42 Å². The number of nitrogens with one attached hydrogen (secondary N) is 1. The Morgan fingerprint density at radius 1 is 1.39 bits per heavy atom. The molecule has 1 aliphatic heterocycles. The van der Waals surface area contributed by atoms with E-state index in [2.05, 4.69) is 20.3 Å². The van der Waals surface area contributed by atoms with E-state index in [9.17, 15) is 0 Å². The fourth-order valence-electron chi connectivity index (χ4n) is 1.70. The molecule has 18 heavy (non-hydrogen) atoms. The minimum Gasteiger partial charge on any atom is -0.467 e. The average molecular weight is 275 g/mol. The Balaban J connectivity index is 2.03. The molecule has 1 fully saturated rings. The first kappa shape index (κ1) is 13.3. The molecule has 7 nitrogen and oxygen atoms in total. The van der Waals surface area contributed by atoms with Crippen LogP contribution in [0.5, 0.6) is 6.01 Å². The van der Waals surface area contributed by atoms with Gasteiger partial charge in [0.05, 0.1) is 13.7 Å². The molecule has 2 rings (SSSR count). The van der Waals surface area contributed by atoms with Crippen molar-refractivity contribution in [3.8, 4) is 6.01 Å². The standard InChI is InChI=1S/C10H15ClN4O3/c1-16-9-14-7(11)13-8(15-9)12-5-10(17-2)3-4-18-6-10/h3-6H2,1-2H3,(H,12,13,14,15). The predicted molar refractivity (Wildman–Crippen MR) is 65.1 cm³/mol. The molecular weight excluding hydrogens is 260 g/mol. The minimum atomic E-state index is -0.341. The predicted octanol–water partition coefficient (Wildman–Crippen LogP) is 0.751. The van der Waals surface area contributed by atoms with Crippen molar-refractivity contribution < 1.29 is 14.2 Å². The van der Waals surface area contributed by atoms with Crippen molar-refractivity contribution >= 4 is 17.5 Å². The molecule has 1 aromatic heterocycles. The highest BCUT2D eigenvalue weighted by molar-refractivity contribution is 6.28. The van der Waals surface area contributed by atoms with Gasteiger partial charge in [-0.3, -0.25) is 0 Å². The van der Waals surface area contributed by atoms with Gasteiger partial charge >= 0.3 is 6.01 Å². The first-order valence-electron chi connectivity index (χ1n) is 5.50. The normalized spacial score (nSPS) is 23.1. The second kappa shape index (κ2) is 5.64. The van der Waals surface area contributed by atoms with Gasteiger partial charge in [0.1, 0.15) is 5.60 Å². The molecule has 0 amide bonds. The number of nitrogens with zero attached hydrogens (tertiary/aromatic N) is 3. The summed E-state index contributed by atoms with van der Waals surface area (Å²) >= 11 is 5.75. The SMILES string of the molecule is COc1nc(Cl)nc(NCC2(OC)CCOC2)n1. The lowest BCUT2D eigenvalue weighted by molar-refractivity contribution is -0.00632. The molecule has 1 saturated heterocycles. The lowest BCUT2D eigenvalue weighted by atomic mass is 10.0. The third kappa shape index (κ3) is 2.98. The highest BCUT2D eigenvalue weighted by Gasteiger charge is 2.35. The molecule has 2 heterocycles. The molecule has 1 unspecified atom stereocenters. The van der Waals surface area contributed by atoms with E-state index in [1.165, 1.54) is 7.11 Å². The number of hydrogen-bond acceptors (Lipinski definition) is 7. The van der Waals surface area contributed by atoms with Crippen molar-refractivity contribution in [3.63, 3.8) is 0 Å². The summed E-state index contributed by atoms with van der Waals surface area (Å²) < 4.78 is 15.7. The van der Waals surface area contributed by atoms with E-state index in [4.69, 9.17) is 25.8 Å². The summed E-state index contributed by atoms with van der Waals surface area (Å²) in [4.78, 5) is 11.8. The van der Waals surface area contributed by atoms with Gasteiger partial charge in [-0.1, -0.05) is 0 Å². The van der Waals surface area contributed by atoms with Crippen LogP contribution in [0.15, 0.2) is 0 Å². The molecule has 1 aromatic rings. The van der Waals surface area contributed by atoms with E-state index < -0.39 is 0 Å². The fourth-order valence-corrected chi connectivity index (χ4v) is 1.86. The second-order valence-corrected chi connectivity index (χ2v) is 4.30. The van der Waals surface area contributed by atoms with Gasteiger partial charge in [-0.2, -0.15) is 15.0 Å². The Morgan fingerprint density at radius 3 is 2.83 bits per heavy atom. The summed E-state index contributed by atoms with van der Waals surface area (Å²) in [5.74, 6) is 0.357. The zero-order chi connectivity index (χ0) is 13.0. The average Bonchev–Trinajstić information content (AvgIpc) is 2.85. The lowest BCUT2D eigenvalue weighted by Gasteiger charge is -2.25. The van der Waals surface area contributed by atoms with Gasteiger partial charge in [-0.15, -0.1) is 0 Å². The summed E-state index contributed by atoms with van der Waals surface area (Å²) in [6.07, 6.45) is 0.826. The Morgan fingerprint density at radius 2 is 2.22 bits per heavy atom. The highest BCUT2D eigenvalue weighted by atomic mass is 35.5. The number of methoxy groups -OCH3 is 2. The smallest absolute Gasteiger partial charge is 0.322 e. The molecule has 0 spiro atoms. The first-order valence-corrected chi connectivity index (χ1v) is 5.87. The van der Waals surface area contributed by atoms with Crippen LogP contribution in [0.2, 0.25) is 5.28 Å². The van der Waals surface area contributed by atoms with E-state index >= 15 is 0 Å². The van der Waals surface area contributed by atoms with Crippen LogP contribution in [0.25, 0.3) is 0 Å². The van der Waals surface area contributed by atoms with Gasteiger partial charge in [0, 0.05) is 26.7 Å². The minimum absolute atomic E-state index is 0.0819. The lowest BCUT2D eigenvalue weighted by Crippen LogP contribution is -2.39. The van der Waals surface area contributed by atoms with Crippen molar-refractivity contribution in [1.29, 1.82) is 0 Å². The van der Waals surface area contributed by atoms with Crippen molar-refractivity contribution in [2.45, 2.75) is 12.0 Å². The summed E-state index contributed by atoms with van der Waals surface area (Å²) in [5, 5.41) is 3.14. The number of halogens is 1. The fraction of sp³-hybridized carbons (Fsp3) is 0.700. The highest BCUT2D eigenvalue weighted by Crippen LogP contribution is 2.23. The van der Waals surface area contributed by atoms with Crippen LogP contribution >= 0.6 is 11.6 Å². The van der Waals surface area contributed by atoms with Crippen molar-refractivity contribution in [1.82, 2.24) is 15.0 Å². The second-order valence-electron chi connectivity index (χ2n) is 3.96. The van der Waals surface area contributed by atoms with Crippen LogP contribution < -0.4 is 10.1 Å². The molecule has 1 atom stereocenters. The van der Waals surface area contributed by atoms with Crippen molar-refractivity contribution in [2.24, 2.45) is 0 Å². The Hall–Kier alpha value is -1.18. The Labute approximate surface area is 110 Å². The summed E-state index contributed by atoms with van der Waals surface area (Å²) in [6, 6.07) is 0.173. The van der Waals surface area contributed by atoms with E-state index in [1.807, 2.05) is 0 Å². The van der Waals surface area contributed by atoms with Gasteiger partial charge in [0.2, 0.25) is 11.2 Å². The molecular formula is C10H15ClN4O3. The Kier molecular flexibility index (Phi) is 4.15. The van der Waals surface area contributed by atoms with Crippen LogP contribution in [0.4, 0.5) is 5.95 Å². The third-order valence-electron chi connectivity index (χ3n) is 2.84. The van der Waals surface area contributed by atoms with Crippen molar-refractivity contribution in [3.05, 3.63) is 5.28 Å². The maximum Gasteiger partial charge on any atom is 0.322 e. The molecule has 8 heteroatoms. The number of rotatable bonds is 5. The maximum atomic E-state index is 5.75.